The van der Waals surface area contributed by atoms with E-state index in [0.717, 1.165) is 5.41 Å². The number of nitrogens with one attached hydrogen (secondary N) is 1. The van der Waals surface area contributed by atoms with Gasteiger partial charge in [0.1, 0.15) is 0 Å². The molecule has 5 nitrogen and oxygen atoms in total. The second kappa shape index (κ2) is 3.93. The van der Waals surface area contributed by atoms with Crippen molar-refractivity contribution in [2.24, 2.45) is 5.73 Å². The molecule has 96 valence electrons. The molecule has 0 spiro atoms. The lowest BCUT2D eigenvalue weighted by Gasteiger charge is -2.18. The number of sulfone groups is 1. The van der Waals surface area contributed by atoms with Gasteiger partial charge in [0.15, 0.2) is 0 Å². The van der Waals surface area contributed by atoms with Gasteiger partial charge in [-0.1, -0.05) is 6.07 Å². The van der Waals surface area contributed by atoms with Gasteiger partial charge >= 0.3 is 0 Å². The van der Waals surface area contributed by atoms with E-state index in [-0.39, 0.29) is 10.8 Å². The van der Waals surface area contributed by atoms with Gasteiger partial charge in [0.05, 0.1) is 10.4 Å². The maximum absolute atomic E-state index is 11.8. The highest BCUT2D eigenvalue weighted by Crippen LogP contribution is 2.32. The molecule has 0 radical (unpaired) electrons. The quantitative estimate of drug-likeness (QED) is 0.839. The smallest absolute Gasteiger partial charge is 0.243 e. The van der Waals surface area contributed by atoms with Gasteiger partial charge in [0.25, 0.3) is 0 Å². The molecule has 0 bridgehead atoms. The van der Waals surface area contributed by atoms with Crippen molar-refractivity contribution in [3.05, 3.63) is 29.2 Å². The van der Waals surface area contributed by atoms with Crippen LogP contribution in [-0.4, -0.2) is 19.9 Å². The first-order valence-corrected chi connectivity index (χ1v) is 6.93. The van der Waals surface area contributed by atoms with Crippen LogP contribution in [0.2, 0.25) is 0 Å². The van der Waals surface area contributed by atoms with Crippen LogP contribution in [0.4, 0.5) is 5.69 Å². The molecule has 1 aromatic carbocycles. The fourth-order valence-electron chi connectivity index (χ4n) is 1.59. The van der Waals surface area contributed by atoms with Crippen LogP contribution in [0, 0.1) is 0 Å². The number of amides is 1. The summed E-state index contributed by atoms with van der Waals surface area (Å²) in [5.41, 5.74) is 5.60. The van der Waals surface area contributed by atoms with E-state index in [9.17, 15) is 13.2 Å². The van der Waals surface area contributed by atoms with Crippen molar-refractivity contribution in [3.8, 4) is 0 Å². The van der Waals surface area contributed by atoms with Crippen LogP contribution >= 0.6 is 0 Å². The number of rotatable bonds is 2. The molecule has 0 fully saturated rings. The maximum Gasteiger partial charge on any atom is 0.243 e. The summed E-state index contributed by atoms with van der Waals surface area (Å²) in [6.45, 7) is 3.16. The van der Waals surface area contributed by atoms with Crippen molar-refractivity contribution < 1.29 is 13.2 Å². The van der Waals surface area contributed by atoms with E-state index in [4.69, 9.17) is 5.73 Å². The Labute approximate surface area is 106 Å². The fourth-order valence-corrected chi connectivity index (χ4v) is 2.80. The summed E-state index contributed by atoms with van der Waals surface area (Å²) in [6, 6.07) is 4.74. The zero-order valence-electron chi connectivity index (χ0n) is 10.1. The molecule has 6 heteroatoms. The Morgan fingerprint density at radius 3 is 2.61 bits per heavy atom. The summed E-state index contributed by atoms with van der Waals surface area (Å²) in [7, 11) is -3.36. The average Bonchev–Trinajstić information content (AvgIpc) is 2.55. The van der Waals surface area contributed by atoms with E-state index in [1.54, 1.807) is 26.0 Å². The topological polar surface area (TPSA) is 89.3 Å². The number of hydrogen-bond donors (Lipinski definition) is 2. The molecule has 1 amide bonds. The van der Waals surface area contributed by atoms with Gasteiger partial charge in [-0.05, 0) is 32.1 Å². The molecule has 0 atom stereocenters. The highest BCUT2D eigenvalue weighted by molar-refractivity contribution is 7.94. The Kier molecular flexibility index (Phi) is 2.79. The van der Waals surface area contributed by atoms with Crippen molar-refractivity contribution in [2.45, 2.75) is 24.3 Å². The second-order valence-corrected chi connectivity index (χ2v) is 6.54. The number of carbonyl (C=O) groups excluding carboxylic acids is 1. The molecule has 18 heavy (non-hydrogen) atoms. The van der Waals surface area contributed by atoms with E-state index in [2.05, 4.69) is 5.32 Å². The second-order valence-electron chi connectivity index (χ2n) is 4.74. The summed E-state index contributed by atoms with van der Waals surface area (Å²) in [6.07, 6.45) is 1.48. The minimum Gasteiger partial charge on any atom is -0.324 e. The van der Waals surface area contributed by atoms with Gasteiger partial charge in [-0.3, -0.25) is 4.79 Å². The van der Waals surface area contributed by atoms with Crippen LogP contribution in [0.3, 0.4) is 0 Å². The normalized spacial score (nSPS) is 16.4. The Morgan fingerprint density at radius 1 is 1.33 bits per heavy atom. The lowest BCUT2D eigenvalue weighted by molar-refractivity contribution is -0.120. The molecule has 0 unspecified atom stereocenters. The van der Waals surface area contributed by atoms with Crippen LogP contribution in [0.5, 0.6) is 0 Å². The SMILES string of the molecule is CC(C)(N)C(=O)Nc1cccc2c1C=CS2(=O)=O. The summed E-state index contributed by atoms with van der Waals surface area (Å²) >= 11 is 0. The van der Waals surface area contributed by atoms with Crippen molar-refractivity contribution in [3.63, 3.8) is 0 Å². The molecule has 2 rings (SSSR count). The number of hydrogen-bond acceptors (Lipinski definition) is 4. The minimum absolute atomic E-state index is 0.204. The molecule has 0 aliphatic carbocycles. The van der Waals surface area contributed by atoms with Crippen LogP contribution in [0.25, 0.3) is 6.08 Å². The molecule has 1 aliphatic heterocycles. The van der Waals surface area contributed by atoms with E-state index >= 15 is 0 Å². The first-order valence-electron chi connectivity index (χ1n) is 5.38. The van der Waals surface area contributed by atoms with Crippen LogP contribution < -0.4 is 11.1 Å². The van der Waals surface area contributed by atoms with Crippen molar-refractivity contribution in [2.75, 3.05) is 5.32 Å². The largest absolute Gasteiger partial charge is 0.324 e. The van der Waals surface area contributed by atoms with Gasteiger partial charge in [0, 0.05) is 16.7 Å². The zero-order valence-corrected chi connectivity index (χ0v) is 10.9. The average molecular weight is 266 g/mol. The molecule has 3 N–H and O–H groups in total. The van der Waals surface area contributed by atoms with Gasteiger partial charge < -0.3 is 11.1 Å². The van der Waals surface area contributed by atoms with Crippen molar-refractivity contribution >= 4 is 27.5 Å². The Hall–Kier alpha value is -1.66. The Bertz CT molecular complexity index is 640. The van der Waals surface area contributed by atoms with E-state index in [1.165, 1.54) is 12.1 Å². The van der Waals surface area contributed by atoms with Crippen molar-refractivity contribution in [1.29, 1.82) is 0 Å². The zero-order chi connectivity index (χ0) is 13.6. The number of anilines is 1. The highest BCUT2D eigenvalue weighted by Gasteiger charge is 2.26. The molecule has 0 saturated heterocycles. The van der Waals surface area contributed by atoms with Gasteiger partial charge in [0.2, 0.25) is 15.7 Å². The van der Waals surface area contributed by atoms with Crippen LogP contribution in [0.15, 0.2) is 28.5 Å². The molecule has 0 saturated carbocycles. The van der Waals surface area contributed by atoms with E-state index in [0.29, 0.717) is 11.3 Å². The molecule has 0 aromatic heterocycles. The van der Waals surface area contributed by atoms with Gasteiger partial charge in [-0.25, -0.2) is 8.42 Å². The third-order valence-electron chi connectivity index (χ3n) is 2.62. The third-order valence-corrected chi connectivity index (χ3v) is 4.08. The summed E-state index contributed by atoms with van der Waals surface area (Å²) in [5, 5.41) is 3.77. The predicted molar refractivity (Wildman–Crippen MR) is 69.6 cm³/mol. The van der Waals surface area contributed by atoms with Gasteiger partial charge in [-0.15, -0.1) is 0 Å². The molecular formula is C12H14N2O3S. The summed E-state index contributed by atoms with van der Waals surface area (Å²) in [5.74, 6) is -0.367. The number of carbonyl (C=O) groups is 1. The Balaban J connectivity index is 2.42. The fraction of sp³-hybridized carbons (Fsp3) is 0.250. The summed E-state index contributed by atoms with van der Waals surface area (Å²) < 4.78 is 23.3. The maximum atomic E-state index is 11.8. The molecular weight excluding hydrogens is 252 g/mol. The van der Waals surface area contributed by atoms with E-state index < -0.39 is 15.4 Å². The standard InChI is InChI=1S/C12H14N2O3S/c1-12(2,13)11(15)14-9-4-3-5-10-8(9)6-7-18(10,16)17/h3-7H,13H2,1-2H3,(H,14,15). The van der Waals surface area contributed by atoms with Gasteiger partial charge in [-0.2, -0.15) is 0 Å². The predicted octanol–water partition coefficient (Wildman–Crippen LogP) is 1.12. The Morgan fingerprint density at radius 2 is 2.00 bits per heavy atom. The monoisotopic (exact) mass is 266 g/mol. The number of benzene rings is 1. The summed E-state index contributed by atoms with van der Waals surface area (Å²) in [4.78, 5) is 12.0. The first kappa shape index (κ1) is 12.8. The number of fused-ring (bicyclic) bond motifs is 1. The molecule has 1 aliphatic rings. The van der Waals surface area contributed by atoms with E-state index in [1.807, 2.05) is 0 Å². The minimum atomic E-state index is -3.36. The lowest BCUT2D eigenvalue weighted by Crippen LogP contribution is -2.45. The first-order chi connectivity index (χ1) is 8.22. The molecule has 1 aromatic rings. The van der Waals surface area contributed by atoms with Crippen LogP contribution in [0.1, 0.15) is 19.4 Å². The lowest BCUT2D eigenvalue weighted by atomic mass is 10.1. The number of nitrogens with two attached hydrogens (primary N) is 1. The molecule has 1 heterocycles. The third kappa shape index (κ3) is 2.16. The van der Waals surface area contributed by atoms with Crippen LogP contribution in [-0.2, 0) is 14.6 Å². The van der Waals surface area contributed by atoms with Crippen molar-refractivity contribution in [1.82, 2.24) is 0 Å². The highest BCUT2D eigenvalue weighted by atomic mass is 32.2.